The summed E-state index contributed by atoms with van der Waals surface area (Å²) in [5.41, 5.74) is -5.09. The molecular formula is C16H14ClF4N3O4. The van der Waals surface area contributed by atoms with E-state index in [0.717, 1.165) is 13.1 Å². The van der Waals surface area contributed by atoms with Crippen molar-refractivity contribution in [2.24, 2.45) is 7.05 Å². The van der Waals surface area contributed by atoms with Crippen LogP contribution in [0.5, 0.6) is 5.75 Å². The van der Waals surface area contributed by atoms with Gasteiger partial charge in [-0.1, -0.05) is 11.6 Å². The maximum Gasteiger partial charge on any atom is 0.431 e. The van der Waals surface area contributed by atoms with Crippen molar-refractivity contribution in [3.8, 4) is 11.4 Å². The molecular weight excluding hydrogens is 410 g/mol. The number of nitrogens with one attached hydrogen (secondary N) is 1. The number of hydrogen-bond acceptors (Lipinski definition) is 4. The second-order valence-electron chi connectivity index (χ2n) is 5.97. The number of amides is 1. The summed E-state index contributed by atoms with van der Waals surface area (Å²) in [5, 5.41) is 2.03. The number of carbonyl (C=O) groups is 1. The first kappa shape index (κ1) is 21.5. The first-order valence-corrected chi connectivity index (χ1v) is 8.08. The van der Waals surface area contributed by atoms with Gasteiger partial charge in [-0.3, -0.25) is 9.36 Å². The maximum atomic E-state index is 14.3. The summed E-state index contributed by atoms with van der Waals surface area (Å²) in [6, 6.07) is 1.30. The lowest BCUT2D eigenvalue weighted by Gasteiger charge is -2.15. The fraction of sp³-hybridized carbons (Fsp3) is 0.312. The fourth-order valence-electron chi connectivity index (χ4n) is 2.25. The van der Waals surface area contributed by atoms with Crippen LogP contribution in [0.2, 0.25) is 5.02 Å². The second kappa shape index (κ2) is 7.66. The predicted molar refractivity (Wildman–Crippen MR) is 91.5 cm³/mol. The van der Waals surface area contributed by atoms with Crippen molar-refractivity contribution < 1.29 is 27.1 Å². The van der Waals surface area contributed by atoms with E-state index >= 15 is 0 Å². The zero-order valence-electron chi connectivity index (χ0n) is 14.7. The Bertz CT molecular complexity index is 1040. The largest absolute Gasteiger partial charge is 0.431 e. The van der Waals surface area contributed by atoms with Gasteiger partial charge in [0.25, 0.3) is 5.56 Å². The van der Waals surface area contributed by atoms with E-state index in [1.807, 2.05) is 0 Å². The number of carbonyl (C=O) groups excluding carboxylic acids is 1. The van der Waals surface area contributed by atoms with Gasteiger partial charge < -0.3 is 10.1 Å². The molecule has 0 saturated carbocycles. The maximum absolute atomic E-state index is 14.3. The number of nitrogens with zero attached hydrogens (tertiary/aromatic N) is 2. The Morgan fingerprint density at radius 2 is 1.82 bits per heavy atom. The molecule has 0 saturated heterocycles. The van der Waals surface area contributed by atoms with E-state index in [4.69, 9.17) is 16.3 Å². The van der Waals surface area contributed by atoms with Crippen LogP contribution in [0.1, 0.15) is 19.5 Å². The van der Waals surface area contributed by atoms with Crippen molar-refractivity contribution in [2.45, 2.75) is 26.1 Å². The van der Waals surface area contributed by atoms with Crippen LogP contribution in [0, 0.1) is 5.82 Å². The molecule has 1 aromatic heterocycles. The molecule has 152 valence electrons. The quantitative estimate of drug-likeness (QED) is 0.770. The van der Waals surface area contributed by atoms with Crippen LogP contribution >= 0.6 is 11.6 Å². The van der Waals surface area contributed by atoms with Crippen molar-refractivity contribution in [1.29, 1.82) is 0 Å². The molecule has 0 radical (unpaired) electrons. The van der Waals surface area contributed by atoms with Crippen LogP contribution in [0.4, 0.5) is 22.4 Å². The van der Waals surface area contributed by atoms with E-state index in [2.05, 4.69) is 5.32 Å². The normalized spacial score (nSPS) is 11.6. The SMILES string of the molecule is CC(C)NC(=O)Oc1cc(-n2c(=O)cc(C(F)(F)F)n(C)c2=O)c(F)cc1Cl. The van der Waals surface area contributed by atoms with E-state index < -0.39 is 46.5 Å². The van der Waals surface area contributed by atoms with Crippen LogP contribution in [-0.2, 0) is 13.2 Å². The van der Waals surface area contributed by atoms with E-state index in [1.54, 1.807) is 13.8 Å². The molecule has 0 unspecified atom stereocenters. The highest BCUT2D eigenvalue weighted by Gasteiger charge is 2.35. The van der Waals surface area contributed by atoms with Crippen LogP contribution in [0.25, 0.3) is 5.69 Å². The molecule has 1 N–H and O–H groups in total. The minimum absolute atomic E-state index is 0.154. The van der Waals surface area contributed by atoms with Gasteiger partial charge in [-0.25, -0.2) is 18.5 Å². The Morgan fingerprint density at radius 3 is 2.36 bits per heavy atom. The van der Waals surface area contributed by atoms with Gasteiger partial charge in [-0.2, -0.15) is 13.2 Å². The topological polar surface area (TPSA) is 82.3 Å². The Labute approximate surface area is 160 Å². The molecule has 28 heavy (non-hydrogen) atoms. The molecule has 0 aliphatic rings. The van der Waals surface area contributed by atoms with E-state index in [1.165, 1.54) is 0 Å². The summed E-state index contributed by atoms with van der Waals surface area (Å²) >= 11 is 5.80. The Hall–Kier alpha value is -2.82. The monoisotopic (exact) mass is 423 g/mol. The molecule has 7 nitrogen and oxygen atoms in total. The van der Waals surface area contributed by atoms with Crippen molar-refractivity contribution in [1.82, 2.24) is 14.5 Å². The van der Waals surface area contributed by atoms with Crippen molar-refractivity contribution >= 4 is 17.7 Å². The minimum Gasteiger partial charge on any atom is -0.409 e. The molecule has 1 heterocycles. The first-order valence-electron chi connectivity index (χ1n) is 7.71. The van der Waals surface area contributed by atoms with Crippen molar-refractivity contribution in [3.05, 3.63) is 55.6 Å². The average molecular weight is 424 g/mol. The molecule has 2 rings (SSSR count). The third-order valence-electron chi connectivity index (χ3n) is 3.46. The Kier molecular flexibility index (Phi) is 5.88. The predicted octanol–water partition coefficient (Wildman–Crippen LogP) is 2.84. The molecule has 0 aliphatic heterocycles. The van der Waals surface area contributed by atoms with Gasteiger partial charge in [0.1, 0.15) is 11.5 Å². The summed E-state index contributed by atoms with van der Waals surface area (Å²) in [6.45, 7) is 3.29. The number of alkyl halides is 3. The van der Waals surface area contributed by atoms with Gasteiger partial charge in [-0.05, 0) is 19.9 Å². The lowest BCUT2D eigenvalue weighted by Crippen LogP contribution is -2.41. The molecule has 0 aliphatic carbocycles. The summed E-state index contributed by atoms with van der Waals surface area (Å²) in [6.07, 6.45) is -5.91. The number of halogens is 5. The standard InChI is InChI=1S/C16H14ClF4N3O4/c1-7(2)22-14(26)28-11-5-10(9(18)4-8(11)17)24-13(25)6-12(16(19,20)21)23(3)15(24)27/h4-7H,1-3H3,(H,22,26). The van der Waals surface area contributed by atoms with E-state index in [9.17, 15) is 31.9 Å². The van der Waals surface area contributed by atoms with E-state index in [-0.39, 0.29) is 26.3 Å². The average Bonchev–Trinajstić information content (AvgIpc) is 2.53. The van der Waals surface area contributed by atoms with Gasteiger partial charge in [0.15, 0.2) is 5.75 Å². The van der Waals surface area contributed by atoms with Gasteiger partial charge in [0.2, 0.25) is 0 Å². The molecule has 1 amide bonds. The Balaban J connectivity index is 2.65. The minimum atomic E-state index is -4.96. The molecule has 0 spiro atoms. The second-order valence-corrected chi connectivity index (χ2v) is 6.37. The van der Waals surface area contributed by atoms with Crippen molar-refractivity contribution in [3.63, 3.8) is 0 Å². The summed E-state index contributed by atoms with van der Waals surface area (Å²) in [7, 11) is 0.780. The fourth-order valence-corrected chi connectivity index (χ4v) is 2.44. The van der Waals surface area contributed by atoms with Crippen LogP contribution in [0.15, 0.2) is 27.8 Å². The number of aromatic nitrogens is 2. The van der Waals surface area contributed by atoms with Gasteiger partial charge in [-0.15, -0.1) is 0 Å². The van der Waals surface area contributed by atoms with Gasteiger partial charge in [0.05, 0.1) is 10.7 Å². The highest BCUT2D eigenvalue weighted by atomic mass is 35.5. The van der Waals surface area contributed by atoms with Crippen LogP contribution in [0.3, 0.4) is 0 Å². The third-order valence-corrected chi connectivity index (χ3v) is 3.76. The lowest BCUT2D eigenvalue weighted by atomic mass is 10.2. The first-order chi connectivity index (χ1) is 12.8. The van der Waals surface area contributed by atoms with Crippen molar-refractivity contribution in [2.75, 3.05) is 0 Å². The van der Waals surface area contributed by atoms with Gasteiger partial charge in [0, 0.05) is 25.2 Å². The number of hydrogen-bond donors (Lipinski definition) is 1. The zero-order chi connectivity index (χ0) is 21.4. The molecule has 2 aromatic rings. The smallest absolute Gasteiger partial charge is 0.409 e. The molecule has 12 heteroatoms. The highest BCUT2D eigenvalue weighted by molar-refractivity contribution is 6.32. The number of rotatable bonds is 3. The summed E-state index contributed by atoms with van der Waals surface area (Å²) in [4.78, 5) is 36.1. The highest BCUT2D eigenvalue weighted by Crippen LogP contribution is 2.30. The summed E-state index contributed by atoms with van der Waals surface area (Å²) in [5.74, 6) is -1.58. The Morgan fingerprint density at radius 1 is 1.21 bits per heavy atom. The van der Waals surface area contributed by atoms with Gasteiger partial charge >= 0.3 is 18.0 Å². The number of benzene rings is 1. The molecule has 0 atom stereocenters. The molecule has 1 aromatic carbocycles. The number of ether oxygens (including phenoxy) is 1. The zero-order valence-corrected chi connectivity index (χ0v) is 15.5. The summed E-state index contributed by atoms with van der Waals surface area (Å²) < 4.78 is 58.3. The molecule has 0 bridgehead atoms. The van der Waals surface area contributed by atoms with Crippen LogP contribution < -0.4 is 21.3 Å². The van der Waals surface area contributed by atoms with E-state index in [0.29, 0.717) is 6.07 Å². The lowest BCUT2D eigenvalue weighted by molar-refractivity contribution is -0.144. The third kappa shape index (κ3) is 4.35. The van der Waals surface area contributed by atoms with Crippen LogP contribution in [-0.4, -0.2) is 21.3 Å². The molecule has 0 fully saturated rings.